The molecular formula is C16H20N2O2. The van der Waals surface area contributed by atoms with E-state index < -0.39 is 5.97 Å². The minimum atomic E-state index is -0.929. The Kier molecular flexibility index (Phi) is 3.77. The molecule has 2 rings (SSSR count). The van der Waals surface area contributed by atoms with Gasteiger partial charge in [-0.1, -0.05) is 26.8 Å². The summed E-state index contributed by atoms with van der Waals surface area (Å²) < 4.78 is 0. The van der Waals surface area contributed by atoms with Crippen molar-refractivity contribution in [2.75, 3.05) is 6.54 Å². The molecule has 0 saturated carbocycles. The van der Waals surface area contributed by atoms with E-state index in [0.29, 0.717) is 29.4 Å². The normalized spacial score (nSPS) is 11.8. The predicted octanol–water partition coefficient (Wildman–Crippen LogP) is 2.73. The summed E-state index contributed by atoms with van der Waals surface area (Å²) in [5, 5.41) is 10.1. The van der Waals surface area contributed by atoms with Crippen molar-refractivity contribution in [1.29, 1.82) is 0 Å². The van der Waals surface area contributed by atoms with E-state index in [-0.39, 0.29) is 5.41 Å². The van der Waals surface area contributed by atoms with Crippen LogP contribution < -0.4 is 5.73 Å². The Morgan fingerprint density at radius 2 is 2.00 bits per heavy atom. The van der Waals surface area contributed by atoms with Gasteiger partial charge in [0.05, 0.1) is 11.1 Å². The molecule has 0 bridgehead atoms. The van der Waals surface area contributed by atoms with Gasteiger partial charge >= 0.3 is 5.97 Å². The van der Waals surface area contributed by atoms with Gasteiger partial charge in [-0.25, -0.2) is 4.79 Å². The third-order valence-corrected chi connectivity index (χ3v) is 3.36. The molecule has 4 heteroatoms. The Hall–Kier alpha value is -1.94. The molecule has 4 nitrogen and oxygen atoms in total. The number of nitrogens with zero attached hydrogens (tertiary/aromatic N) is 1. The topological polar surface area (TPSA) is 76.2 Å². The Morgan fingerprint density at radius 1 is 1.30 bits per heavy atom. The molecule has 0 unspecified atom stereocenters. The predicted molar refractivity (Wildman–Crippen MR) is 80.2 cm³/mol. The molecule has 0 amide bonds. The van der Waals surface area contributed by atoms with Crippen molar-refractivity contribution in [3.8, 4) is 0 Å². The lowest BCUT2D eigenvalue weighted by Gasteiger charge is -2.20. The molecule has 2 aromatic rings. The Bertz CT molecular complexity index is 657. The summed E-state index contributed by atoms with van der Waals surface area (Å²) in [6.45, 7) is 6.76. The van der Waals surface area contributed by atoms with Crippen LogP contribution in [-0.2, 0) is 11.8 Å². The van der Waals surface area contributed by atoms with Crippen molar-refractivity contribution in [2.24, 2.45) is 5.73 Å². The van der Waals surface area contributed by atoms with Crippen molar-refractivity contribution < 1.29 is 9.90 Å². The highest BCUT2D eigenvalue weighted by Crippen LogP contribution is 2.27. The van der Waals surface area contributed by atoms with Crippen molar-refractivity contribution in [3.63, 3.8) is 0 Å². The molecule has 0 radical (unpaired) electrons. The van der Waals surface area contributed by atoms with Gasteiger partial charge in [0.25, 0.3) is 0 Å². The second-order valence-electron chi connectivity index (χ2n) is 5.99. The molecule has 20 heavy (non-hydrogen) atoms. The third-order valence-electron chi connectivity index (χ3n) is 3.36. The molecule has 1 aromatic heterocycles. The smallest absolute Gasteiger partial charge is 0.336 e. The zero-order valence-electron chi connectivity index (χ0n) is 12.1. The van der Waals surface area contributed by atoms with Gasteiger partial charge in [0.15, 0.2) is 0 Å². The maximum absolute atomic E-state index is 11.5. The first-order chi connectivity index (χ1) is 9.32. The van der Waals surface area contributed by atoms with Gasteiger partial charge < -0.3 is 10.8 Å². The zero-order valence-corrected chi connectivity index (χ0v) is 12.1. The van der Waals surface area contributed by atoms with E-state index in [4.69, 9.17) is 5.73 Å². The summed E-state index contributed by atoms with van der Waals surface area (Å²) in [5.74, 6) is -0.929. The quantitative estimate of drug-likeness (QED) is 0.900. The summed E-state index contributed by atoms with van der Waals surface area (Å²) in [4.78, 5) is 16.0. The monoisotopic (exact) mass is 272 g/mol. The fraction of sp³-hybridized carbons (Fsp3) is 0.375. The number of aromatic nitrogens is 1. The van der Waals surface area contributed by atoms with E-state index >= 15 is 0 Å². The lowest BCUT2D eigenvalue weighted by molar-refractivity contribution is 0.0699. The number of nitrogens with two attached hydrogens (primary N) is 1. The van der Waals surface area contributed by atoms with Crippen molar-refractivity contribution in [3.05, 3.63) is 41.1 Å². The Balaban J connectivity index is 2.70. The number of pyridine rings is 1. The van der Waals surface area contributed by atoms with Crippen LogP contribution in [0, 0.1) is 0 Å². The zero-order chi connectivity index (χ0) is 14.9. The third kappa shape index (κ3) is 2.80. The van der Waals surface area contributed by atoms with Crippen molar-refractivity contribution >= 4 is 16.9 Å². The van der Waals surface area contributed by atoms with Crippen LogP contribution in [0.1, 0.15) is 42.4 Å². The highest BCUT2D eigenvalue weighted by atomic mass is 16.4. The van der Waals surface area contributed by atoms with E-state index in [1.807, 2.05) is 18.2 Å². The largest absolute Gasteiger partial charge is 0.478 e. The molecule has 1 heterocycles. The average molecular weight is 272 g/mol. The minimum Gasteiger partial charge on any atom is -0.478 e. The molecule has 0 spiro atoms. The number of hydrogen-bond acceptors (Lipinski definition) is 3. The lowest BCUT2D eigenvalue weighted by Crippen LogP contribution is -2.12. The van der Waals surface area contributed by atoms with Gasteiger partial charge in [0.1, 0.15) is 0 Å². The van der Waals surface area contributed by atoms with E-state index in [1.54, 1.807) is 6.07 Å². The second kappa shape index (κ2) is 5.21. The first-order valence-corrected chi connectivity index (χ1v) is 6.70. The number of aromatic carboxylic acids is 1. The second-order valence-corrected chi connectivity index (χ2v) is 5.99. The van der Waals surface area contributed by atoms with E-state index in [2.05, 4.69) is 25.8 Å². The van der Waals surface area contributed by atoms with Crippen molar-refractivity contribution in [1.82, 2.24) is 4.98 Å². The van der Waals surface area contributed by atoms with E-state index in [0.717, 1.165) is 11.3 Å². The van der Waals surface area contributed by atoms with Crippen LogP contribution in [0.15, 0.2) is 24.3 Å². The molecule has 106 valence electrons. The summed E-state index contributed by atoms with van der Waals surface area (Å²) >= 11 is 0. The lowest BCUT2D eigenvalue weighted by atomic mass is 9.86. The number of fused-ring (bicyclic) bond motifs is 1. The molecule has 1 aromatic carbocycles. The van der Waals surface area contributed by atoms with Gasteiger partial charge in [-0.15, -0.1) is 0 Å². The Labute approximate surface area is 118 Å². The molecule has 0 aliphatic heterocycles. The summed E-state index contributed by atoms with van der Waals surface area (Å²) in [5.41, 5.74) is 8.32. The SMILES string of the molecule is CC(C)(C)c1ccc2nc(CCN)cc(C(=O)O)c2c1. The van der Waals surface area contributed by atoms with Crippen LogP contribution in [0.3, 0.4) is 0 Å². The number of rotatable bonds is 3. The molecule has 0 saturated heterocycles. The van der Waals surface area contributed by atoms with E-state index in [1.165, 1.54) is 0 Å². The summed E-state index contributed by atoms with van der Waals surface area (Å²) in [6.07, 6.45) is 0.581. The molecular weight excluding hydrogens is 252 g/mol. The fourth-order valence-corrected chi connectivity index (χ4v) is 2.20. The Morgan fingerprint density at radius 3 is 2.55 bits per heavy atom. The average Bonchev–Trinajstić information content (AvgIpc) is 2.36. The summed E-state index contributed by atoms with van der Waals surface area (Å²) in [7, 11) is 0. The van der Waals surface area contributed by atoms with E-state index in [9.17, 15) is 9.90 Å². The van der Waals surface area contributed by atoms with Crippen LogP contribution in [-0.4, -0.2) is 22.6 Å². The maximum atomic E-state index is 11.5. The number of hydrogen-bond donors (Lipinski definition) is 2. The van der Waals surface area contributed by atoms with Crippen LogP contribution in [0.4, 0.5) is 0 Å². The first-order valence-electron chi connectivity index (χ1n) is 6.70. The minimum absolute atomic E-state index is 0.0279. The first kappa shape index (κ1) is 14.5. The van der Waals surface area contributed by atoms with Gasteiger partial charge in [-0.2, -0.15) is 0 Å². The fourth-order valence-electron chi connectivity index (χ4n) is 2.20. The highest BCUT2D eigenvalue weighted by Gasteiger charge is 2.17. The van der Waals surface area contributed by atoms with Crippen LogP contribution in [0.25, 0.3) is 10.9 Å². The highest BCUT2D eigenvalue weighted by molar-refractivity contribution is 6.02. The standard InChI is InChI=1S/C16H20N2O2/c1-16(2,3)10-4-5-14-12(8-10)13(15(19)20)9-11(18-14)6-7-17/h4-5,8-9H,6-7,17H2,1-3H3,(H,19,20). The van der Waals surface area contributed by atoms with Gasteiger partial charge in [-0.3, -0.25) is 4.98 Å². The molecule has 0 aliphatic carbocycles. The molecule has 0 fully saturated rings. The van der Waals surface area contributed by atoms with Gasteiger partial charge in [-0.05, 0) is 35.7 Å². The number of benzene rings is 1. The molecule has 3 N–H and O–H groups in total. The number of carboxylic acids is 1. The summed E-state index contributed by atoms with van der Waals surface area (Å²) in [6, 6.07) is 7.46. The number of carboxylic acid groups (broad SMARTS) is 1. The number of carbonyl (C=O) groups is 1. The van der Waals surface area contributed by atoms with Crippen LogP contribution in [0.5, 0.6) is 0 Å². The van der Waals surface area contributed by atoms with Crippen molar-refractivity contribution in [2.45, 2.75) is 32.6 Å². The maximum Gasteiger partial charge on any atom is 0.336 e. The van der Waals surface area contributed by atoms with Gasteiger partial charge in [0.2, 0.25) is 0 Å². The molecule has 0 atom stereocenters. The van der Waals surface area contributed by atoms with Crippen LogP contribution >= 0.6 is 0 Å². The van der Waals surface area contributed by atoms with Gasteiger partial charge in [0, 0.05) is 17.5 Å². The molecule has 0 aliphatic rings. The van der Waals surface area contributed by atoms with Crippen LogP contribution in [0.2, 0.25) is 0 Å².